The zero-order valence-electron chi connectivity index (χ0n) is 17.1. The van der Waals surface area contributed by atoms with Gasteiger partial charge in [-0.2, -0.15) is 0 Å². The van der Waals surface area contributed by atoms with Gasteiger partial charge in [-0.05, 0) is 48.2 Å². The first kappa shape index (κ1) is 20.4. The lowest BCUT2D eigenvalue weighted by Crippen LogP contribution is -2.08. The molecule has 1 amide bonds. The van der Waals surface area contributed by atoms with E-state index in [2.05, 4.69) is 4.99 Å². The lowest BCUT2D eigenvalue weighted by Gasteiger charge is -2.19. The van der Waals surface area contributed by atoms with Crippen molar-refractivity contribution in [2.75, 3.05) is 28.4 Å². The summed E-state index contributed by atoms with van der Waals surface area (Å²) in [6.07, 6.45) is 1.06. The van der Waals surface area contributed by atoms with Crippen molar-refractivity contribution in [2.45, 2.75) is 19.8 Å². The predicted octanol–water partition coefficient (Wildman–Crippen LogP) is 3.03. The standard InChI is InChI=1S/C22H23NO6/c1-12(24)23-16-8-6-13-10-19(27-3)21(28-4)22(29-5)20(13)14-7-9-18(26-2)17(25)11-15(14)16/h7,9-11H,6,8H2,1-5H3. The van der Waals surface area contributed by atoms with Gasteiger partial charge in [0.15, 0.2) is 17.2 Å². The summed E-state index contributed by atoms with van der Waals surface area (Å²) in [6, 6.07) is 6.74. The maximum Gasteiger partial charge on any atom is 0.242 e. The van der Waals surface area contributed by atoms with Crippen LogP contribution in [-0.2, 0) is 11.2 Å². The second-order valence-corrected chi connectivity index (χ2v) is 6.49. The van der Waals surface area contributed by atoms with Gasteiger partial charge in [0, 0.05) is 18.1 Å². The highest BCUT2D eigenvalue weighted by Gasteiger charge is 2.27. The number of methoxy groups -OCH3 is 4. The summed E-state index contributed by atoms with van der Waals surface area (Å²) in [5, 5.41) is 0. The molecule has 0 heterocycles. The zero-order chi connectivity index (χ0) is 21.1. The van der Waals surface area contributed by atoms with Crippen molar-refractivity contribution in [3.05, 3.63) is 45.6 Å². The van der Waals surface area contributed by atoms with Crippen LogP contribution in [0.4, 0.5) is 0 Å². The maximum atomic E-state index is 12.6. The Hall–Kier alpha value is -3.35. The molecule has 0 unspecified atom stereocenters. The molecule has 7 heteroatoms. The molecule has 0 spiro atoms. The second-order valence-electron chi connectivity index (χ2n) is 6.49. The summed E-state index contributed by atoms with van der Waals surface area (Å²) in [4.78, 5) is 28.6. The number of hydrogen-bond donors (Lipinski definition) is 0. The molecule has 29 heavy (non-hydrogen) atoms. The molecule has 2 aromatic rings. The number of carbonyl (C=O) groups excluding carboxylic acids is 1. The molecule has 2 aromatic carbocycles. The largest absolute Gasteiger partial charge is 0.493 e. The summed E-state index contributed by atoms with van der Waals surface area (Å²) >= 11 is 0. The average Bonchev–Trinajstić information content (AvgIpc) is 2.95. The van der Waals surface area contributed by atoms with Crippen LogP contribution in [0.3, 0.4) is 0 Å². The van der Waals surface area contributed by atoms with E-state index in [1.54, 1.807) is 26.4 Å². The lowest BCUT2D eigenvalue weighted by molar-refractivity contribution is -0.115. The van der Waals surface area contributed by atoms with Crippen LogP contribution in [0.2, 0.25) is 0 Å². The fourth-order valence-corrected chi connectivity index (χ4v) is 3.63. The van der Waals surface area contributed by atoms with E-state index in [4.69, 9.17) is 18.9 Å². The van der Waals surface area contributed by atoms with Crippen molar-refractivity contribution in [1.82, 2.24) is 0 Å². The molecule has 1 aliphatic carbocycles. The third-order valence-electron chi connectivity index (χ3n) is 4.85. The Morgan fingerprint density at radius 1 is 0.862 bits per heavy atom. The van der Waals surface area contributed by atoms with E-state index in [9.17, 15) is 9.59 Å². The summed E-state index contributed by atoms with van der Waals surface area (Å²) in [7, 11) is 6.09. The average molecular weight is 397 g/mol. The van der Waals surface area contributed by atoms with Gasteiger partial charge in [-0.3, -0.25) is 9.59 Å². The van der Waals surface area contributed by atoms with Crippen LogP contribution in [-0.4, -0.2) is 40.1 Å². The summed E-state index contributed by atoms with van der Waals surface area (Å²) in [5.41, 5.74) is 3.22. The van der Waals surface area contributed by atoms with Gasteiger partial charge in [0.1, 0.15) is 0 Å². The molecular weight excluding hydrogens is 374 g/mol. The Balaban J connectivity index is 2.48. The number of rotatable bonds is 4. The molecule has 1 aliphatic rings. The minimum Gasteiger partial charge on any atom is -0.493 e. The smallest absolute Gasteiger partial charge is 0.242 e. The predicted molar refractivity (Wildman–Crippen MR) is 110 cm³/mol. The van der Waals surface area contributed by atoms with Gasteiger partial charge in [0.05, 0.1) is 34.2 Å². The first-order valence-corrected chi connectivity index (χ1v) is 9.08. The van der Waals surface area contributed by atoms with Crippen molar-refractivity contribution in [3.63, 3.8) is 0 Å². The highest BCUT2D eigenvalue weighted by atomic mass is 16.5. The van der Waals surface area contributed by atoms with Gasteiger partial charge >= 0.3 is 0 Å². The summed E-state index contributed by atoms with van der Waals surface area (Å²) < 4.78 is 21.9. The van der Waals surface area contributed by atoms with E-state index >= 15 is 0 Å². The second kappa shape index (κ2) is 8.34. The van der Waals surface area contributed by atoms with E-state index in [1.807, 2.05) is 6.07 Å². The lowest BCUT2D eigenvalue weighted by atomic mass is 9.96. The van der Waals surface area contributed by atoms with Crippen LogP contribution in [0, 0.1) is 0 Å². The van der Waals surface area contributed by atoms with E-state index in [0.29, 0.717) is 46.9 Å². The summed E-state index contributed by atoms with van der Waals surface area (Å²) in [6.45, 7) is 1.39. The van der Waals surface area contributed by atoms with Crippen LogP contribution in [0.5, 0.6) is 23.0 Å². The third kappa shape index (κ3) is 3.68. The van der Waals surface area contributed by atoms with Gasteiger partial charge in [-0.15, -0.1) is 0 Å². The molecule has 0 radical (unpaired) electrons. The highest BCUT2D eigenvalue weighted by Crippen LogP contribution is 2.49. The molecule has 0 atom stereocenters. The zero-order valence-corrected chi connectivity index (χ0v) is 17.1. The summed E-state index contributed by atoms with van der Waals surface area (Å²) in [5.74, 6) is 1.35. The van der Waals surface area contributed by atoms with Crippen LogP contribution < -0.4 is 24.4 Å². The molecule has 0 aliphatic heterocycles. The van der Waals surface area contributed by atoms with Crippen LogP contribution in [0.1, 0.15) is 24.5 Å². The minimum atomic E-state index is -0.329. The topological polar surface area (TPSA) is 83.4 Å². The minimum absolute atomic E-state index is 0.196. The fourth-order valence-electron chi connectivity index (χ4n) is 3.63. The first-order chi connectivity index (χ1) is 13.9. The number of ether oxygens (including phenoxy) is 4. The molecule has 0 saturated heterocycles. The molecular formula is C22H23NO6. The van der Waals surface area contributed by atoms with Crippen molar-refractivity contribution in [3.8, 4) is 34.1 Å². The quantitative estimate of drug-likeness (QED) is 0.789. The Kier molecular flexibility index (Phi) is 5.87. The van der Waals surface area contributed by atoms with Gasteiger partial charge in [0.2, 0.25) is 17.1 Å². The SMILES string of the molecule is COc1cc2c(c(OC)c1OC)-c1ccc(OC)c(=O)cc1C(=NC(C)=O)CC2. The number of benzene rings is 1. The van der Waals surface area contributed by atoms with Crippen LogP contribution in [0.25, 0.3) is 11.1 Å². The van der Waals surface area contributed by atoms with Gasteiger partial charge in [-0.1, -0.05) is 0 Å². The van der Waals surface area contributed by atoms with E-state index in [-0.39, 0.29) is 17.1 Å². The van der Waals surface area contributed by atoms with Crippen molar-refractivity contribution in [2.24, 2.45) is 4.99 Å². The number of hydrogen-bond acceptors (Lipinski definition) is 6. The Labute approximate surface area is 168 Å². The first-order valence-electron chi connectivity index (χ1n) is 9.08. The number of nitrogens with zero attached hydrogens (tertiary/aromatic N) is 1. The van der Waals surface area contributed by atoms with Gasteiger partial charge in [0.25, 0.3) is 0 Å². The number of carbonyl (C=O) groups is 1. The number of aliphatic imine (C=N–C) groups is 1. The normalized spacial score (nSPS) is 13.8. The van der Waals surface area contributed by atoms with Gasteiger partial charge in [-0.25, -0.2) is 4.99 Å². The number of fused-ring (bicyclic) bond motifs is 3. The Morgan fingerprint density at radius 2 is 1.55 bits per heavy atom. The van der Waals surface area contributed by atoms with Crippen LogP contribution >= 0.6 is 0 Å². The molecule has 0 N–H and O–H groups in total. The number of amides is 1. The van der Waals surface area contributed by atoms with Crippen LogP contribution in [0.15, 0.2) is 34.1 Å². The monoisotopic (exact) mass is 397 g/mol. The van der Waals surface area contributed by atoms with Crippen molar-refractivity contribution in [1.29, 1.82) is 0 Å². The maximum absolute atomic E-state index is 12.6. The number of aryl methyl sites for hydroxylation is 1. The Morgan fingerprint density at radius 3 is 2.14 bits per heavy atom. The van der Waals surface area contributed by atoms with Gasteiger partial charge < -0.3 is 18.9 Å². The third-order valence-corrected chi connectivity index (χ3v) is 4.85. The molecule has 0 fully saturated rings. The molecule has 0 aromatic heterocycles. The highest BCUT2D eigenvalue weighted by molar-refractivity contribution is 6.11. The Bertz CT molecular complexity index is 1060. The molecule has 152 valence electrons. The molecule has 0 saturated carbocycles. The van der Waals surface area contributed by atoms with E-state index in [1.165, 1.54) is 27.2 Å². The fraction of sp³-hybridized carbons (Fsp3) is 0.318. The van der Waals surface area contributed by atoms with Crippen molar-refractivity contribution < 1.29 is 23.7 Å². The van der Waals surface area contributed by atoms with E-state index in [0.717, 1.165) is 11.1 Å². The molecule has 0 bridgehead atoms. The van der Waals surface area contributed by atoms with E-state index < -0.39 is 0 Å². The molecule has 3 rings (SSSR count). The van der Waals surface area contributed by atoms with Crippen molar-refractivity contribution >= 4 is 11.6 Å². The molecule has 7 nitrogen and oxygen atoms in total.